The Hall–Kier alpha value is -2.02. The summed E-state index contributed by atoms with van der Waals surface area (Å²) in [7, 11) is 0. The highest BCUT2D eigenvalue weighted by molar-refractivity contribution is 7.99. The molecule has 0 atom stereocenters. The molecule has 2 aromatic rings. The van der Waals surface area contributed by atoms with Gasteiger partial charge in [-0.3, -0.25) is 0 Å². The lowest BCUT2D eigenvalue weighted by Crippen LogP contribution is -2.24. The van der Waals surface area contributed by atoms with E-state index < -0.39 is 6.09 Å². The van der Waals surface area contributed by atoms with Crippen molar-refractivity contribution in [1.29, 1.82) is 0 Å². The Balaban J connectivity index is 2.30. The monoisotopic (exact) mass is 250 g/mol. The van der Waals surface area contributed by atoms with Gasteiger partial charge in [0.1, 0.15) is 12.1 Å². The highest BCUT2D eigenvalue weighted by atomic mass is 32.2. The highest BCUT2D eigenvalue weighted by Gasteiger charge is 2.18. The second-order valence-corrected chi connectivity index (χ2v) is 4.15. The third-order valence-corrected chi connectivity index (χ3v) is 2.95. The summed E-state index contributed by atoms with van der Waals surface area (Å²) in [6.07, 6.45) is 2.02. The third-order valence-electron chi connectivity index (χ3n) is 2.07. The van der Waals surface area contributed by atoms with Gasteiger partial charge in [-0.05, 0) is 18.6 Å². The van der Waals surface area contributed by atoms with E-state index in [1.165, 1.54) is 10.3 Å². The number of rotatable bonds is 3. The number of benzene rings is 1. The summed E-state index contributed by atoms with van der Waals surface area (Å²) in [6, 6.07) is 7.25. The average molecular weight is 250 g/mol. The molecule has 1 aromatic carbocycles. The zero-order valence-corrected chi connectivity index (χ0v) is 9.83. The van der Waals surface area contributed by atoms with Crippen LogP contribution in [0.25, 0.3) is 0 Å². The number of aromatic nitrogens is 3. The Morgan fingerprint density at radius 3 is 2.82 bits per heavy atom. The number of hydrogen-bond acceptors (Lipinski definition) is 4. The van der Waals surface area contributed by atoms with E-state index in [1.54, 1.807) is 18.3 Å². The summed E-state index contributed by atoms with van der Waals surface area (Å²) in [5.41, 5.74) is 1.49. The lowest BCUT2D eigenvalue weighted by atomic mass is 10.2. The summed E-state index contributed by atoms with van der Waals surface area (Å²) in [4.78, 5) is 11.2. The predicted octanol–water partition coefficient (Wildman–Crippen LogP) is 2.18. The normalized spacial score (nSPS) is 10.2. The van der Waals surface area contributed by atoms with Crippen molar-refractivity contribution in [3.63, 3.8) is 0 Å². The van der Waals surface area contributed by atoms with Crippen LogP contribution in [0.3, 0.4) is 0 Å². The molecule has 0 fully saturated rings. The topological polar surface area (TPSA) is 71.2 Å². The molecule has 1 amide bonds. The van der Waals surface area contributed by atoms with Crippen molar-refractivity contribution < 1.29 is 9.90 Å². The maximum atomic E-state index is 11.2. The minimum absolute atomic E-state index is 0.612. The molecule has 0 saturated carbocycles. The van der Waals surface area contributed by atoms with Crippen molar-refractivity contribution in [2.24, 2.45) is 0 Å². The van der Waals surface area contributed by atoms with Gasteiger partial charge >= 0.3 is 6.09 Å². The number of hydrogen-bond donors (Lipinski definition) is 1. The van der Waals surface area contributed by atoms with Crippen molar-refractivity contribution in [3.05, 3.63) is 42.2 Å². The Kier molecular flexibility index (Phi) is 3.29. The van der Waals surface area contributed by atoms with Crippen molar-refractivity contribution >= 4 is 23.9 Å². The molecule has 2 rings (SSSR count). The molecule has 0 unspecified atom stereocenters. The van der Waals surface area contributed by atoms with Crippen LogP contribution in [0.15, 0.2) is 36.7 Å². The summed E-state index contributed by atoms with van der Waals surface area (Å²) >= 11 is 0.948. The second-order valence-electron chi connectivity index (χ2n) is 3.25. The first-order chi connectivity index (χ1) is 8.18. The number of amides is 1. The van der Waals surface area contributed by atoms with Gasteiger partial charge in [0.25, 0.3) is 0 Å². The highest BCUT2D eigenvalue weighted by Crippen LogP contribution is 2.26. The number of carboxylic acid groups (broad SMARTS) is 1. The van der Waals surface area contributed by atoms with Gasteiger partial charge in [-0.1, -0.05) is 23.4 Å². The number of anilines is 1. The quantitative estimate of drug-likeness (QED) is 0.845. The van der Waals surface area contributed by atoms with E-state index >= 15 is 0 Å². The lowest BCUT2D eigenvalue weighted by molar-refractivity contribution is 0.206. The summed E-state index contributed by atoms with van der Waals surface area (Å²) in [5, 5.41) is 16.5. The molecule has 7 heteroatoms. The van der Waals surface area contributed by atoms with Gasteiger partial charge in [0.2, 0.25) is 0 Å². The predicted molar refractivity (Wildman–Crippen MR) is 64.7 cm³/mol. The van der Waals surface area contributed by atoms with Gasteiger partial charge in [0.15, 0.2) is 0 Å². The number of nitrogens with zero attached hydrogens (tertiary/aromatic N) is 4. The van der Waals surface area contributed by atoms with Crippen LogP contribution < -0.4 is 4.31 Å². The number of para-hydroxylation sites is 1. The second kappa shape index (κ2) is 4.88. The molecule has 88 valence electrons. The summed E-state index contributed by atoms with van der Waals surface area (Å²) in [5.74, 6) is 0. The van der Waals surface area contributed by atoms with E-state index in [0.717, 1.165) is 22.0 Å². The third kappa shape index (κ3) is 2.56. The Labute approximate surface area is 102 Å². The first-order valence-corrected chi connectivity index (χ1v) is 5.55. The van der Waals surface area contributed by atoms with Crippen molar-refractivity contribution in [2.45, 2.75) is 6.92 Å². The Morgan fingerprint density at radius 2 is 2.24 bits per heavy atom. The first kappa shape index (κ1) is 11.5. The van der Waals surface area contributed by atoms with E-state index in [2.05, 4.69) is 10.3 Å². The van der Waals surface area contributed by atoms with Gasteiger partial charge < -0.3 is 5.11 Å². The molecule has 0 aliphatic rings. The molecule has 0 aliphatic heterocycles. The first-order valence-electron chi connectivity index (χ1n) is 4.82. The zero-order valence-electron chi connectivity index (χ0n) is 9.02. The van der Waals surface area contributed by atoms with Gasteiger partial charge in [-0.15, -0.1) is 5.10 Å². The molecular formula is C10H10N4O2S. The van der Waals surface area contributed by atoms with Crippen LogP contribution in [0.4, 0.5) is 10.5 Å². The lowest BCUT2D eigenvalue weighted by Gasteiger charge is -2.18. The van der Waals surface area contributed by atoms with Crippen LogP contribution >= 0.6 is 12.1 Å². The minimum atomic E-state index is -1.06. The van der Waals surface area contributed by atoms with Crippen LogP contribution in [0.2, 0.25) is 0 Å². The molecule has 1 N–H and O–H groups in total. The molecule has 1 aromatic heterocycles. The average Bonchev–Trinajstić information content (AvgIpc) is 2.79. The minimum Gasteiger partial charge on any atom is -0.464 e. The van der Waals surface area contributed by atoms with Gasteiger partial charge in [0, 0.05) is 0 Å². The number of carbonyl (C=O) groups is 1. The van der Waals surface area contributed by atoms with E-state index in [4.69, 9.17) is 0 Å². The molecule has 0 bridgehead atoms. The standard InChI is InChI=1S/C10H10N4O2S/c1-8-4-2-3-5-9(8)14(10(15)16)17-13-7-6-11-12-13/h2-7H,1H3,(H,15,16). The molecule has 1 heterocycles. The van der Waals surface area contributed by atoms with Crippen LogP contribution in [0.5, 0.6) is 0 Å². The summed E-state index contributed by atoms with van der Waals surface area (Å²) in [6.45, 7) is 1.85. The molecule has 0 spiro atoms. The number of aryl methyl sites for hydroxylation is 1. The van der Waals surface area contributed by atoms with Crippen LogP contribution in [-0.2, 0) is 0 Å². The van der Waals surface area contributed by atoms with Gasteiger partial charge in [-0.2, -0.15) is 8.39 Å². The smallest absolute Gasteiger partial charge is 0.423 e. The van der Waals surface area contributed by atoms with Crippen LogP contribution in [-0.4, -0.2) is 25.6 Å². The molecule has 0 aliphatic carbocycles. The molecule has 0 radical (unpaired) electrons. The Morgan fingerprint density at radius 1 is 1.47 bits per heavy atom. The van der Waals surface area contributed by atoms with Gasteiger partial charge in [0.05, 0.1) is 18.1 Å². The zero-order chi connectivity index (χ0) is 12.3. The van der Waals surface area contributed by atoms with E-state index in [-0.39, 0.29) is 0 Å². The summed E-state index contributed by atoms with van der Waals surface area (Å²) < 4.78 is 2.52. The SMILES string of the molecule is Cc1ccccc1N(Sn1ccnn1)C(=O)O. The van der Waals surface area contributed by atoms with Gasteiger partial charge in [-0.25, -0.2) is 4.79 Å². The van der Waals surface area contributed by atoms with E-state index in [1.807, 2.05) is 19.1 Å². The fourth-order valence-corrected chi connectivity index (χ4v) is 2.01. The van der Waals surface area contributed by atoms with Crippen molar-refractivity contribution in [3.8, 4) is 0 Å². The Bertz CT molecular complexity index is 515. The fourth-order valence-electron chi connectivity index (χ4n) is 1.30. The molecule has 6 nitrogen and oxygen atoms in total. The van der Waals surface area contributed by atoms with E-state index in [0.29, 0.717) is 5.69 Å². The molecule has 0 saturated heterocycles. The van der Waals surface area contributed by atoms with Crippen molar-refractivity contribution in [1.82, 2.24) is 14.4 Å². The maximum Gasteiger partial charge on any atom is 0.423 e. The van der Waals surface area contributed by atoms with Crippen LogP contribution in [0.1, 0.15) is 5.56 Å². The van der Waals surface area contributed by atoms with E-state index in [9.17, 15) is 9.90 Å². The maximum absolute atomic E-state index is 11.2. The largest absolute Gasteiger partial charge is 0.464 e. The molecular weight excluding hydrogens is 240 g/mol. The van der Waals surface area contributed by atoms with Crippen molar-refractivity contribution in [2.75, 3.05) is 4.31 Å². The van der Waals surface area contributed by atoms with Crippen LogP contribution in [0, 0.1) is 6.92 Å². The fraction of sp³-hybridized carbons (Fsp3) is 0.100. The molecule has 17 heavy (non-hydrogen) atoms.